The quantitative estimate of drug-likeness (QED) is 0.233. The van der Waals surface area contributed by atoms with Crippen LogP contribution in [0.3, 0.4) is 0 Å². The van der Waals surface area contributed by atoms with E-state index in [0.717, 1.165) is 33.8 Å². The fraction of sp³-hybridized carbons (Fsp3) is 0.500. The first-order valence-electron chi connectivity index (χ1n) is 15.0. The number of anilines is 1. The third-order valence-corrected chi connectivity index (χ3v) is 6.90. The third-order valence-electron chi connectivity index (χ3n) is 6.90. The van der Waals surface area contributed by atoms with E-state index in [-0.39, 0.29) is 43.8 Å². The van der Waals surface area contributed by atoms with E-state index in [2.05, 4.69) is 5.32 Å². The Morgan fingerprint density at radius 2 is 1.37 bits per heavy atom. The molecular formula is C32H43N5O6. The van der Waals surface area contributed by atoms with Gasteiger partial charge in [0.05, 0.1) is 64.5 Å². The van der Waals surface area contributed by atoms with Gasteiger partial charge in [-0.25, -0.2) is 0 Å². The number of benzene rings is 2. The third kappa shape index (κ3) is 9.17. The number of hydrogen-bond acceptors (Lipinski definition) is 8. The lowest BCUT2D eigenvalue weighted by Crippen LogP contribution is -2.35. The largest absolute Gasteiger partial charge is 0.379 e. The van der Waals surface area contributed by atoms with E-state index in [1.807, 2.05) is 69.3 Å². The smallest absolute Gasteiger partial charge is 0.229 e. The van der Waals surface area contributed by atoms with Gasteiger partial charge >= 0.3 is 0 Å². The average Bonchev–Trinajstić information content (AvgIpc) is 3.45. The van der Waals surface area contributed by atoms with Crippen LogP contribution in [0, 0.1) is 0 Å². The maximum atomic E-state index is 13.6. The molecule has 43 heavy (non-hydrogen) atoms. The Labute approximate surface area is 253 Å². The van der Waals surface area contributed by atoms with Gasteiger partial charge in [-0.2, -0.15) is 15.0 Å². The van der Waals surface area contributed by atoms with Gasteiger partial charge in [0.1, 0.15) is 11.4 Å². The van der Waals surface area contributed by atoms with E-state index >= 15 is 0 Å². The Kier molecular flexibility index (Phi) is 12.7. The van der Waals surface area contributed by atoms with Gasteiger partial charge in [-0.05, 0) is 32.4 Å². The van der Waals surface area contributed by atoms with Crippen LogP contribution in [0.25, 0.3) is 22.5 Å². The van der Waals surface area contributed by atoms with E-state index in [4.69, 9.17) is 29.1 Å². The second-order valence-electron chi connectivity index (χ2n) is 10.3. The molecule has 11 nitrogen and oxygen atoms in total. The first-order valence-corrected chi connectivity index (χ1v) is 15.0. The number of ether oxygens (including phenoxy) is 4. The number of aromatic nitrogens is 3. The van der Waals surface area contributed by atoms with Gasteiger partial charge in [0.2, 0.25) is 11.8 Å². The molecule has 0 atom stereocenters. The number of carbonyl (C=O) groups is 2. The highest BCUT2D eigenvalue weighted by molar-refractivity contribution is 6.00. The van der Waals surface area contributed by atoms with Crippen LogP contribution in [-0.2, 0) is 35.1 Å². The molecule has 0 saturated heterocycles. The molecule has 0 radical (unpaired) electrons. The van der Waals surface area contributed by atoms with Crippen LogP contribution >= 0.6 is 0 Å². The summed E-state index contributed by atoms with van der Waals surface area (Å²) in [4.78, 5) is 29.5. The Balaban J connectivity index is 1.26. The van der Waals surface area contributed by atoms with Gasteiger partial charge < -0.3 is 29.2 Å². The summed E-state index contributed by atoms with van der Waals surface area (Å²) < 4.78 is 21.5. The summed E-state index contributed by atoms with van der Waals surface area (Å²) in [5, 5.41) is 12.5. The highest BCUT2D eigenvalue weighted by Gasteiger charge is 2.28. The van der Waals surface area contributed by atoms with Gasteiger partial charge in [0.25, 0.3) is 0 Å². The molecule has 1 N–H and O–H groups in total. The van der Waals surface area contributed by atoms with Crippen LogP contribution in [0.5, 0.6) is 0 Å². The number of rotatable bonds is 17. The number of para-hydroxylation sites is 1. The normalized spacial score (nSPS) is 12.3. The number of fused-ring (bicyclic) bond motifs is 5. The molecule has 3 aromatic rings. The van der Waals surface area contributed by atoms with Crippen LogP contribution in [0.2, 0.25) is 0 Å². The molecule has 0 aliphatic carbocycles. The van der Waals surface area contributed by atoms with Crippen molar-refractivity contribution >= 4 is 17.5 Å². The Morgan fingerprint density at radius 3 is 2.05 bits per heavy atom. The van der Waals surface area contributed by atoms with E-state index < -0.39 is 0 Å². The Hall–Kier alpha value is -3.64. The molecule has 11 heteroatoms. The van der Waals surface area contributed by atoms with Crippen molar-refractivity contribution in [1.29, 1.82) is 0 Å². The Morgan fingerprint density at radius 1 is 0.791 bits per heavy atom. The predicted octanol–water partition coefficient (Wildman–Crippen LogP) is 4.02. The lowest BCUT2D eigenvalue weighted by Gasteiger charge is -2.28. The zero-order valence-electron chi connectivity index (χ0n) is 25.4. The SMILES string of the molecule is CCOCCOCCOCCOCCC(=O)NCCC(=O)N1Cc2ccccc2-c2nn(C(C)C)nc2-c2ccccc21. The highest BCUT2D eigenvalue weighted by Crippen LogP contribution is 2.40. The molecule has 0 saturated carbocycles. The molecule has 2 aromatic carbocycles. The fourth-order valence-corrected chi connectivity index (χ4v) is 4.69. The molecule has 4 rings (SSSR count). The molecule has 0 spiro atoms. The summed E-state index contributed by atoms with van der Waals surface area (Å²) in [7, 11) is 0. The maximum Gasteiger partial charge on any atom is 0.229 e. The van der Waals surface area contributed by atoms with Crippen LogP contribution in [0.1, 0.15) is 45.2 Å². The van der Waals surface area contributed by atoms with Gasteiger partial charge in [0.15, 0.2) is 0 Å². The minimum absolute atomic E-state index is 0.0856. The highest BCUT2D eigenvalue weighted by atomic mass is 16.6. The molecule has 0 unspecified atom stereocenters. The summed E-state index contributed by atoms with van der Waals surface area (Å²) in [6.07, 6.45) is 0.373. The lowest BCUT2D eigenvalue weighted by atomic mass is 9.96. The standard InChI is InChI=1S/C32H43N5O6/c1-4-40-17-18-42-21-22-43-20-19-41-16-14-29(38)33-15-13-30(39)36-23-25-9-5-6-10-26(25)31-32(35-37(34-31)24(2)3)27-11-7-8-12-28(27)36/h5-12,24H,4,13-23H2,1-3H3,(H,33,38). The van der Waals surface area contributed by atoms with Crippen molar-refractivity contribution in [2.75, 3.05) is 64.3 Å². The number of carbonyl (C=O) groups excluding carboxylic acids is 2. The Bertz CT molecular complexity index is 1330. The van der Waals surface area contributed by atoms with Crippen LogP contribution in [0.4, 0.5) is 5.69 Å². The molecule has 0 fully saturated rings. The summed E-state index contributed by atoms with van der Waals surface area (Å²) >= 11 is 0. The average molecular weight is 594 g/mol. The summed E-state index contributed by atoms with van der Waals surface area (Å²) in [6, 6.07) is 15.9. The fourth-order valence-electron chi connectivity index (χ4n) is 4.69. The molecule has 1 aliphatic heterocycles. The van der Waals surface area contributed by atoms with Gasteiger partial charge in [0, 0.05) is 37.1 Å². The topological polar surface area (TPSA) is 117 Å². The van der Waals surface area contributed by atoms with E-state index in [0.29, 0.717) is 52.8 Å². The molecule has 0 bridgehead atoms. The zero-order chi connectivity index (χ0) is 30.4. The molecule has 1 aromatic heterocycles. The van der Waals surface area contributed by atoms with Gasteiger partial charge in [-0.15, -0.1) is 0 Å². The van der Waals surface area contributed by atoms with Crippen molar-refractivity contribution in [3.63, 3.8) is 0 Å². The number of hydrogen-bond donors (Lipinski definition) is 1. The van der Waals surface area contributed by atoms with Gasteiger partial charge in [-0.3, -0.25) is 9.59 Å². The molecule has 1 aliphatic rings. The van der Waals surface area contributed by atoms with Crippen LogP contribution in [-0.4, -0.2) is 86.2 Å². The predicted molar refractivity (Wildman–Crippen MR) is 164 cm³/mol. The van der Waals surface area contributed by atoms with Crippen molar-refractivity contribution in [1.82, 2.24) is 20.3 Å². The van der Waals surface area contributed by atoms with Crippen LogP contribution in [0.15, 0.2) is 48.5 Å². The second-order valence-corrected chi connectivity index (χ2v) is 10.3. The molecule has 232 valence electrons. The number of amides is 2. The van der Waals surface area contributed by atoms with Crippen molar-refractivity contribution in [3.8, 4) is 22.5 Å². The van der Waals surface area contributed by atoms with Gasteiger partial charge in [-0.1, -0.05) is 42.5 Å². The van der Waals surface area contributed by atoms with Crippen molar-refractivity contribution in [2.24, 2.45) is 0 Å². The first kappa shape index (κ1) is 32.3. The van der Waals surface area contributed by atoms with E-state index in [9.17, 15) is 9.59 Å². The van der Waals surface area contributed by atoms with E-state index in [1.165, 1.54) is 0 Å². The number of nitrogens with zero attached hydrogens (tertiary/aromatic N) is 4. The van der Waals surface area contributed by atoms with Crippen molar-refractivity contribution in [2.45, 2.75) is 46.2 Å². The summed E-state index contributed by atoms with van der Waals surface area (Å²) in [5.74, 6) is -0.248. The molecule has 2 amide bonds. The minimum atomic E-state index is -0.162. The zero-order valence-corrected chi connectivity index (χ0v) is 25.4. The monoisotopic (exact) mass is 593 g/mol. The minimum Gasteiger partial charge on any atom is -0.379 e. The first-order chi connectivity index (χ1) is 21.0. The lowest BCUT2D eigenvalue weighted by molar-refractivity contribution is -0.122. The van der Waals surface area contributed by atoms with Crippen molar-refractivity contribution in [3.05, 3.63) is 54.1 Å². The maximum absolute atomic E-state index is 13.6. The van der Waals surface area contributed by atoms with Crippen molar-refractivity contribution < 1.29 is 28.5 Å². The van der Waals surface area contributed by atoms with Crippen LogP contribution < -0.4 is 10.2 Å². The summed E-state index contributed by atoms with van der Waals surface area (Å²) in [6.45, 7) is 10.6. The molecule has 2 heterocycles. The molecular weight excluding hydrogens is 550 g/mol. The second kappa shape index (κ2) is 16.9. The summed E-state index contributed by atoms with van der Waals surface area (Å²) in [5.41, 5.74) is 5.14. The van der Waals surface area contributed by atoms with E-state index in [1.54, 1.807) is 9.70 Å². The number of nitrogens with one attached hydrogen (secondary N) is 1.